The van der Waals surface area contributed by atoms with Gasteiger partial charge in [0, 0.05) is 11.1 Å². The van der Waals surface area contributed by atoms with E-state index in [0.717, 1.165) is 0 Å². The molecule has 0 aromatic heterocycles. The second kappa shape index (κ2) is 6.74. The molecular weight excluding hydrogens is 358 g/mol. The van der Waals surface area contributed by atoms with Gasteiger partial charge in [-0.05, 0) is 11.1 Å². The van der Waals surface area contributed by atoms with E-state index in [0.29, 0.717) is 0 Å². The lowest BCUT2D eigenvalue weighted by atomic mass is 9.93. The second-order valence-corrected chi connectivity index (χ2v) is 5.30. The first-order chi connectivity index (χ1) is 12.3. The summed E-state index contributed by atoms with van der Waals surface area (Å²) in [7, 11) is 0. The quantitative estimate of drug-likeness (QED) is 0.387. The van der Waals surface area contributed by atoms with Crippen molar-refractivity contribution in [2.24, 2.45) is 0 Å². The molecule has 0 unspecified atom stereocenters. The molecule has 0 spiro atoms. The molecular formula is C19H10F6O. The summed E-state index contributed by atoms with van der Waals surface area (Å²) in [4.78, 5) is 0. The summed E-state index contributed by atoms with van der Waals surface area (Å²) in [5.74, 6) is -7.13. The molecule has 0 bridgehead atoms. The zero-order valence-electron chi connectivity index (χ0n) is 12.9. The summed E-state index contributed by atoms with van der Waals surface area (Å²) in [5, 5.41) is 0. The highest BCUT2D eigenvalue weighted by molar-refractivity contribution is 5.85. The summed E-state index contributed by atoms with van der Waals surface area (Å²) in [6.07, 6.45) is -5.38. The molecule has 134 valence electrons. The molecule has 0 atom stereocenters. The SMILES string of the molecule is Fc1c(F)c(-c2ccccc2)c(-c2ccccc2)c(F)c1OC(F)(F)F. The zero-order valence-corrected chi connectivity index (χ0v) is 12.9. The Hall–Kier alpha value is -2.96. The largest absolute Gasteiger partial charge is 0.573 e. The molecule has 3 rings (SSSR count). The first-order valence-electron chi connectivity index (χ1n) is 7.36. The molecule has 0 aliphatic carbocycles. The highest BCUT2D eigenvalue weighted by Crippen LogP contribution is 2.43. The van der Waals surface area contributed by atoms with E-state index in [4.69, 9.17) is 0 Å². The smallest absolute Gasteiger partial charge is 0.399 e. The van der Waals surface area contributed by atoms with Gasteiger partial charge in [0.05, 0.1) is 0 Å². The van der Waals surface area contributed by atoms with E-state index in [2.05, 4.69) is 4.74 Å². The van der Waals surface area contributed by atoms with Gasteiger partial charge in [0.2, 0.25) is 11.6 Å². The van der Waals surface area contributed by atoms with Crippen molar-refractivity contribution < 1.29 is 31.1 Å². The van der Waals surface area contributed by atoms with Crippen LogP contribution < -0.4 is 4.74 Å². The molecule has 0 amide bonds. The van der Waals surface area contributed by atoms with Gasteiger partial charge in [-0.2, -0.15) is 4.39 Å². The Morgan fingerprint density at radius 2 is 1.00 bits per heavy atom. The number of benzene rings is 3. The monoisotopic (exact) mass is 368 g/mol. The molecule has 0 saturated carbocycles. The standard InChI is InChI=1S/C19H10F6O/c20-15-13(11-7-3-1-4-8-11)14(12-9-5-2-6-10-12)16(21)18(17(15)22)26-19(23,24)25/h1-10H. The third-order valence-electron chi connectivity index (χ3n) is 3.62. The van der Waals surface area contributed by atoms with E-state index in [1.165, 1.54) is 48.5 Å². The Labute approximate surface area is 144 Å². The second-order valence-electron chi connectivity index (χ2n) is 5.30. The van der Waals surface area contributed by atoms with Gasteiger partial charge in [-0.3, -0.25) is 0 Å². The van der Waals surface area contributed by atoms with Gasteiger partial charge in [0.25, 0.3) is 0 Å². The van der Waals surface area contributed by atoms with Crippen LogP contribution in [0.15, 0.2) is 60.7 Å². The van der Waals surface area contributed by atoms with Gasteiger partial charge in [-0.15, -0.1) is 13.2 Å². The van der Waals surface area contributed by atoms with Gasteiger partial charge in [-0.1, -0.05) is 60.7 Å². The lowest BCUT2D eigenvalue weighted by Gasteiger charge is -2.18. The third kappa shape index (κ3) is 3.37. The fourth-order valence-corrected chi connectivity index (χ4v) is 2.60. The summed E-state index contributed by atoms with van der Waals surface area (Å²) < 4.78 is 84.6. The molecule has 3 aromatic rings. The Morgan fingerprint density at radius 3 is 1.42 bits per heavy atom. The Morgan fingerprint density at radius 1 is 0.577 bits per heavy atom. The van der Waals surface area contributed by atoms with Crippen molar-refractivity contribution in [1.29, 1.82) is 0 Å². The third-order valence-corrected chi connectivity index (χ3v) is 3.62. The lowest BCUT2D eigenvalue weighted by Crippen LogP contribution is -2.20. The van der Waals surface area contributed by atoms with Crippen LogP contribution in [0.2, 0.25) is 0 Å². The highest BCUT2D eigenvalue weighted by Gasteiger charge is 2.37. The molecule has 1 nitrogen and oxygen atoms in total. The number of rotatable bonds is 3. The van der Waals surface area contributed by atoms with Gasteiger partial charge in [-0.25, -0.2) is 8.78 Å². The maximum atomic E-state index is 14.8. The normalized spacial score (nSPS) is 11.5. The van der Waals surface area contributed by atoms with Crippen molar-refractivity contribution in [3.8, 4) is 28.0 Å². The number of hydrogen-bond acceptors (Lipinski definition) is 1. The van der Waals surface area contributed by atoms with Crippen molar-refractivity contribution in [3.05, 3.63) is 78.1 Å². The van der Waals surface area contributed by atoms with Crippen LogP contribution in [0.4, 0.5) is 26.3 Å². The molecule has 0 aliphatic heterocycles. The van der Waals surface area contributed by atoms with Crippen LogP contribution >= 0.6 is 0 Å². The van der Waals surface area contributed by atoms with Crippen molar-refractivity contribution >= 4 is 0 Å². The fourth-order valence-electron chi connectivity index (χ4n) is 2.60. The van der Waals surface area contributed by atoms with Crippen LogP contribution in [-0.4, -0.2) is 6.36 Å². The Balaban J connectivity index is 2.38. The average molecular weight is 368 g/mol. The van der Waals surface area contributed by atoms with E-state index >= 15 is 0 Å². The molecule has 0 radical (unpaired) electrons. The van der Waals surface area contributed by atoms with E-state index < -0.39 is 40.7 Å². The number of ether oxygens (including phenoxy) is 1. The minimum absolute atomic E-state index is 0.0785. The van der Waals surface area contributed by atoms with Crippen molar-refractivity contribution in [2.45, 2.75) is 6.36 Å². The van der Waals surface area contributed by atoms with Crippen molar-refractivity contribution in [3.63, 3.8) is 0 Å². The summed E-state index contributed by atoms with van der Waals surface area (Å²) in [6, 6.07) is 14.8. The van der Waals surface area contributed by atoms with Crippen LogP contribution in [0.3, 0.4) is 0 Å². The first kappa shape index (κ1) is 17.8. The van der Waals surface area contributed by atoms with Crippen molar-refractivity contribution in [1.82, 2.24) is 0 Å². The summed E-state index contributed by atoms with van der Waals surface area (Å²) in [5.41, 5.74) is -0.814. The topological polar surface area (TPSA) is 9.23 Å². The highest BCUT2D eigenvalue weighted by atomic mass is 19.4. The van der Waals surface area contributed by atoms with E-state index in [9.17, 15) is 26.3 Å². The molecule has 0 fully saturated rings. The minimum Gasteiger partial charge on any atom is -0.399 e. The molecule has 0 saturated heterocycles. The molecule has 0 aliphatic rings. The average Bonchev–Trinajstić information content (AvgIpc) is 2.62. The predicted molar refractivity (Wildman–Crippen MR) is 83.9 cm³/mol. The van der Waals surface area contributed by atoms with E-state index in [1.54, 1.807) is 12.1 Å². The molecule has 3 aromatic carbocycles. The maximum Gasteiger partial charge on any atom is 0.573 e. The van der Waals surface area contributed by atoms with Gasteiger partial charge >= 0.3 is 6.36 Å². The lowest BCUT2D eigenvalue weighted by molar-refractivity contribution is -0.276. The van der Waals surface area contributed by atoms with E-state index in [-0.39, 0.29) is 11.1 Å². The Kier molecular flexibility index (Phi) is 4.63. The van der Waals surface area contributed by atoms with Crippen LogP contribution in [-0.2, 0) is 0 Å². The van der Waals surface area contributed by atoms with Gasteiger partial charge in [0.1, 0.15) is 0 Å². The number of halogens is 6. The van der Waals surface area contributed by atoms with Crippen LogP contribution in [0, 0.1) is 17.5 Å². The minimum atomic E-state index is -5.38. The first-order valence-corrected chi connectivity index (χ1v) is 7.36. The predicted octanol–water partition coefficient (Wildman–Crippen LogP) is 6.34. The van der Waals surface area contributed by atoms with Crippen LogP contribution in [0.1, 0.15) is 0 Å². The molecule has 0 N–H and O–H groups in total. The van der Waals surface area contributed by atoms with Crippen LogP contribution in [0.25, 0.3) is 22.3 Å². The number of hydrogen-bond donors (Lipinski definition) is 0. The molecule has 0 heterocycles. The van der Waals surface area contributed by atoms with Crippen LogP contribution in [0.5, 0.6) is 5.75 Å². The van der Waals surface area contributed by atoms with Crippen molar-refractivity contribution in [2.75, 3.05) is 0 Å². The fraction of sp³-hybridized carbons (Fsp3) is 0.0526. The van der Waals surface area contributed by atoms with Gasteiger partial charge in [0.15, 0.2) is 11.6 Å². The van der Waals surface area contributed by atoms with Gasteiger partial charge < -0.3 is 4.74 Å². The van der Waals surface area contributed by atoms with E-state index in [1.807, 2.05) is 0 Å². The summed E-state index contributed by atoms with van der Waals surface area (Å²) >= 11 is 0. The molecule has 26 heavy (non-hydrogen) atoms. The zero-order chi connectivity index (χ0) is 18.9. The number of alkyl halides is 3. The summed E-state index contributed by atoms with van der Waals surface area (Å²) in [6.45, 7) is 0. The maximum absolute atomic E-state index is 14.8. The Bertz CT molecular complexity index is 920. The molecule has 7 heteroatoms.